The predicted molar refractivity (Wildman–Crippen MR) is 103 cm³/mol. The van der Waals surface area contributed by atoms with Gasteiger partial charge in [-0.15, -0.1) is 11.3 Å². The van der Waals surface area contributed by atoms with Crippen LogP contribution in [0.3, 0.4) is 0 Å². The summed E-state index contributed by atoms with van der Waals surface area (Å²) < 4.78 is 0. The number of likely N-dealkylation sites (tertiary alicyclic amines) is 1. The first-order valence-electron chi connectivity index (χ1n) is 8.60. The molecule has 1 aromatic carbocycles. The number of fused-ring (bicyclic) bond motifs is 1. The highest BCUT2D eigenvalue weighted by Crippen LogP contribution is 2.28. The Morgan fingerprint density at radius 2 is 2.12 bits per heavy atom. The molecule has 2 aromatic heterocycles. The normalized spacial score (nSPS) is 17.5. The van der Waals surface area contributed by atoms with Crippen LogP contribution in [-0.2, 0) is 4.79 Å². The van der Waals surface area contributed by atoms with Crippen molar-refractivity contribution in [3.8, 4) is 10.6 Å². The third-order valence-electron chi connectivity index (χ3n) is 4.73. The third kappa shape index (κ3) is 3.20. The molecule has 1 saturated heterocycles. The number of aromatic nitrogens is 1. The van der Waals surface area contributed by atoms with E-state index in [4.69, 9.17) is 4.98 Å². The van der Waals surface area contributed by atoms with Crippen LogP contribution < -0.4 is 5.32 Å². The molecule has 1 fully saturated rings. The molecule has 26 heavy (non-hydrogen) atoms. The molecule has 0 radical (unpaired) electrons. The van der Waals surface area contributed by atoms with E-state index in [1.807, 2.05) is 47.8 Å². The highest BCUT2D eigenvalue weighted by atomic mass is 32.1. The number of piperidine rings is 1. The van der Waals surface area contributed by atoms with Crippen LogP contribution in [0.2, 0.25) is 0 Å². The highest BCUT2D eigenvalue weighted by Gasteiger charge is 2.25. The van der Waals surface area contributed by atoms with Gasteiger partial charge in [-0.25, -0.2) is 4.98 Å². The predicted octanol–water partition coefficient (Wildman–Crippen LogP) is 3.31. The number of hydrogen-bond acceptors (Lipinski definition) is 4. The van der Waals surface area contributed by atoms with Crippen LogP contribution in [0.5, 0.6) is 0 Å². The van der Waals surface area contributed by atoms with Gasteiger partial charge in [0.2, 0.25) is 5.91 Å². The van der Waals surface area contributed by atoms with E-state index >= 15 is 0 Å². The van der Waals surface area contributed by atoms with Crippen molar-refractivity contribution in [2.45, 2.75) is 18.9 Å². The van der Waals surface area contributed by atoms with Crippen molar-refractivity contribution in [2.24, 2.45) is 0 Å². The van der Waals surface area contributed by atoms with Crippen LogP contribution in [0.4, 0.5) is 0 Å². The van der Waals surface area contributed by atoms with Crippen LogP contribution in [0.15, 0.2) is 47.8 Å². The van der Waals surface area contributed by atoms with E-state index in [0.29, 0.717) is 18.5 Å². The summed E-state index contributed by atoms with van der Waals surface area (Å²) in [5, 5.41) is 5.86. The van der Waals surface area contributed by atoms with Crippen LogP contribution in [0, 0.1) is 0 Å². The van der Waals surface area contributed by atoms with E-state index in [1.54, 1.807) is 23.3 Å². The standard InChI is InChI=1S/C20H19N3O2S/c1-23-9-8-13(11-19(23)24)21-20(25)15-12-17(18-7-4-10-26-18)22-16-6-3-2-5-14(15)16/h2-7,10,12-13H,8-9,11H2,1H3,(H,21,25). The van der Waals surface area contributed by atoms with E-state index in [-0.39, 0.29) is 17.9 Å². The van der Waals surface area contributed by atoms with Crippen molar-refractivity contribution >= 4 is 34.1 Å². The number of nitrogens with one attached hydrogen (secondary N) is 1. The lowest BCUT2D eigenvalue weighted by molar-refractivity contribution is -0.132. The smallest absolute Gasteiger partial charge is 0.252 e. The molecule has 1 unspecified atom stereocenters. The molecule has 1 N–H and O–H groups in total. The lowest BCUT2D eigenvalue weighted by Gasteiger charge is -2.29. The zero-order valence-electron chi connectivity index (χ0n) is 14.4. The Hall–Kier alpha value is -2.73. The molecule has 3 heterocycles. The summed E-state index contributed by atoms with van der Waals surface area (Å²) in [6, 6.07) is 13.4. The molecule has 5 nitrogen and oxygen atoms in total. The number of carbonyl (C=O) groups excluding carboxylic acids is 2. The second kappa shape index (κ2) is 6.88. The molecule has 6 heteroatoms. The molecule has 132 valence electrons. The third-order valence-corrected chi connectivity index (χ3v) is 5.62. The molecule has 0 bridgehead atoms. The lowest BCUT2D eigenvalue weighted by atomic mass is 10.0. The maximum Gasteiger partial charge on any atom is 0.252 e. The molecule has 0 saturated carbocycles. The Balaban J connectivity index is 1.68. The van der Waals surface area contributed by atoms with Gasteiger partial charge in [0.15, 0.2) is 0 Å². The molecule has 3 aromatic rings. The largest absolute Gasteiger partial charge is 0.349 e. The Morgan fingerprint density at radius 3 is 2.88 bits per heavy atom. The molecular formula is C20H19N3O2S. The molecule has 4 rings (SSSR count). The minimum absolute atomic E-state index is 0.0698. The van der Waals surface area contributed by atoms with Gasteiger partial charge in [0.1, 0.15) is 0 Å². The van der Waals surface area contributed by atoms with Crippen LogP contribution in [0.25, 0.3) is 21.5 Å². The number of rotatable bonds is 3. The fourth-order valence-electron chi connectivity index (χ4n) is 3.24. The summed E-state index contributed by atoms with van der Waals surface area (Å²) in [4.78, 5) is 32.3. The topological polar surface area (TPSA) is 62.3 Å². The number of hydrogen-bond donors (Lipinski definition) is 1. The molecule has 2 amide bonds. The summed E-state index contributed by atoms with van der Waals surface area (Å²) in [6.07, 6.45) is 1.12. The van der Waals surface area contributed by atoms with Crippen molar-refractivity contribution in [2.75, 3.05) is 13.6 Å². The van der Waals surface area contributed by atoms with Crippen LogP contribution >= 0.6 is 11.3 Å². The molecule has 1 aliphatic heterocycles. The fraction of sp³-hybridized carbons (Fsp3) is 0.250. The van der Waals surface area contributed by atoms with Crippen molar-refractivity contribution in [3.05, 3.63) is 53.4 Å². The van der Waals surface area contributed by atoms with Crippen LogP contribution in [-0.4, -0.2) is 41.3 Å². The average molecular weight is 365 g/mol. The summed E-state index contributed by atoms with van der Waals surface area (Å²) in [5.74, 6) is -0.0795. The Morgan fingerprint density at radius 1 is 1.27 bits per heavy atom. The fourth-order valence-corrected chi connectivity index (χ4v) is 3.93. The molecular weight excluding hydrogens is 346 g/mol. The summed E-state index contributed by atoms with van der Waals surface area (Å²) in [7, 11) is 1.80. The summed E-state index contributed by atoms with van der Waals surface area (Å²) >= 11 is 1.60. The number of pyridine rings is 1. The summed E-state index contributed by atoms with van der Waals surface area (Å²) in [5.41, 5.74) is 2.19. The highest BCUT2D eigenvalue weighted by molar-refractivity contribution is 7.13. The van der Waals surface area contributed by atoms with Gasteiger partial charge >= 0.3 is 0 Å². The average Bonchev–Trinajstić information content (AvgIpc) is 3.18. The number of para-hydroxylation sites is 1. The van der Waals surface area contributed by atoms with Crippen molar-refractivity contribution in [1.82, 2.24) is 15.2 Å². The number of carbonyl (C=O) groups is 2. The van der Waals surface area contributed by atoms with E-state index in [1.165, 1.54) is 0 Å². The van der Waals surface area contributed by atoms with Gasteiger partial charge in [0.05, 0.1) is 21.7 Å². The zero-order chi connectivity index (χ0) is 18.1. The first kappa shape index (κ1) is 16.7. The van der Waals surface area contributed by atoms with Gasteiger partial charge in [0, 0.05) is 31.4 Å². The Kier molecular flexibility index (Phi) is 4.42. The second-order valence-corrected chi connectivity index (χ2v) is 7.48. The number of thiophene rings is 1. The van der Waals surface area contributed by atoms with Gasteiger partial charge in [-0.1, -0.05) is 24.3 Å². The zero-order valence-corrected chi connectivity index (χ0v) is 15.3. The minimum Gasteiger partial charge on any atom is -0.349 e. The van der Waals surface area contributed by atoms with Crippen LogP contribution in [0.1, 0.15) is 23.2 Å². The first-order chi connectivity index (χ1) is 12.6. The van der Waals surface area contributed by atoms with E-state index in [2.05, 4.69) is 5.32 Å². The second-order valence-electron chi connectivity index (χ2n) is 6.53. The Bertz CT molecular complexity index is 968. The van der Waals surface area contributed by atoms with Gasteiger partial charge < -0.3 is 10.2 Å². The SMILES string of the molecule is CN1CCC(NC(=O)c2cc(-c3cccs3)nc3ccccc23)CC1=O. The summed E-state index contributed by atoms with van der Waals surface area (Å²) in [6.45, 7) is 0.668. The minimum atomic E-state index is -0.149. The van der Waals surface area contributed by atoms with Gasteiger partial charge in [-0.05, 0) is 30.0 Å². The molecule has 0 aliphatic carbocycles. The monoisotopic (exact) mass is 365 g/mol. The van der Waals surface area contributed by atoms with Crippen molar-refractivity contribution in [1.29, 1.82) is 0 Å². The molecule has 0 spiro atoms. The number of amides is 2. The van der Waals surface area contributed by atoms with E-state index < -0.39 is 0 Å². The number of benzene rings is 1. The van der Waals surface area contributed by atoms with Crippen molar-refractivity contribution in [3.63, 3.8) is 0 Å². The van der Waals surface area contributed by atoms with Gasteiger partial charge in [-0.3, -0.25) is 9.59 Å². The maximum atomic E-state index is 13.0. The first-order valence-corrected chi connectivity index (χ1v) is 9.48. The van der Waals surface area contributed by atoms with Crippen molar-refractivity contribution < 1.29 is 9.59 Å². The van der Waals surface area contributed by atoms with Gasteiger partial charge in [-0.2, -0.15) is 0 Å². The van der Waals surface area contributed by atoms with Gasteiger partial charge in [0.25, 0.3) is 5.91 Å². The lowest BCUT2D eigenvalue weighted by Crippen LogP contribution is -2.46. The molecule has 1 atom stereocenters. The maximum absolute atomic E-state index is 13.0. The van der Waals surface area contributed by atoms with E-state index in [9.17, 15) is 9.59 Å². The quantitative estimate of drug-likeness (QED) is 0.774. The van der Waals surface area contributed by atoms with E-state index in [0.717, 1.165) is 27.9 Å². The number of nitrogens with zero attached hydrogens (tertiary/aromatic N) is 2. The Labute approximate surface area is 155 Å². The molecule has 1 aliphatic rings.